The maximum absolute atomic E-state index is 12.2. The number of nitrogens with zero attached hydrogens (tertiary/aromatic N) is 1. The van der Waals surface area contributed by atoms with Crippen LogP contribution in [0.15, 0.2) is 17.5 Å². The van der Waals surface area contributed by atoms with Crippen LogP contribution in [0.2, 0.25) is 0 Å². The van der Waals surface area contributed by atoms with E-state index in [0.717, 1.165) is 5.69 Å². The van der Waals surface area contributed by atoms with Gasteiger partial charge in [-0.2, -0.15) is 0 Å². The Kier molecular flexibility index (Phi) is 2.87. The van der Waals surface area contributed by atoms with Gasteiger partial charge >= 0.3 is 5.97 Å². The van der Waals surface area contributed by atoms with Crippen molar-refractivity contribution in [3.05, 3.63) is 23.2 Å². The summed E-state index contributed by atoms with van der Waals surface area (Å²) in [4.78, 5) is 27.6. The number of ether oxygens (including phenoxy) is 1. The normalized spacial score (nSPS) is 31.6. The highest BCUT2D eigenvalue weighted by molar-refractivity contribution is 7.13. The number of fused-ring (bicyclic) bond motifs is 2. The number of carboxylic acids is 1. The van der Waals surface area contributed by atoms with Crippen LogP contribution < -0.4 is 5.32 Å². The first-order valence-corrected chi connectivity index (χ1v) is 6.74. The number of carbonyl (C=O) groups is 2. The first-order chi connectivity index (χ1) is 9.06. The number of carbonyl (C=O) groups excluding carboxylic acids is 1. The Bertz CT molecular complexity index is 568. The highest BCUT2D eigenvalue weighted by Gasteiger charge is 2.53. The molecule has 0 aliphatic carbocycles. The maximum atomic E-state index is 12.2. The molecule has 19 heavy (non-hydrogen) atoms. The van der Waals surface area contributed by atoms with Crippen LogP contribution in [-0.4, -0.2) is 34.2 Å². The zero-order valence-corrected chi connectivity index (χ0v) is 10.9. The molecular weight excluding hydrogens is 268 g/mol. The Morgan fingerprint density at radius 1 is 1.37 bits per heavy atom. The largest absolute Gasteiger partial charge is 0.481 e. The van der Waals surface area contributed by atoms with Crippen molar-refractivity contribution < 1.29 is 19.4 Å². The summed E-state index contributed by atoms with van der Waals surface area (Å²) < 4.78 is 5.45. The third kappa shape index (κ3) is 2.04. The van der Waals surface area contributed by atoms with Crippen molar-refractivity contribution in [2.24, 2.45) is 11.8 Å². The Labute approximate surface area is 113 Å². The smallest absolute Gasteiger partial charge is 0.310 e. The standard InChI is InChI=1S/C12H12N2O4S/c1-5-4-19-12(13-5)14-10(15)8-6-2-3-7(18-6)9(8)11(16)17/h2-4,6-9H,1H3,(H,16,17)(H,13,14,15)/t6-,7-,8-,9-/m0/s1. The van der Waals surface area contributed by atoms with Gasteiger partial charge in [-0.3, -0.25) is 9.59 Å². The SMILES string of the molecule is Cc1csc(NC(=O)[C@@H]2[C@@H](C(=O)O)[C@@H]3C=C[C@@H]2O3)n1. The van der Waals surface area contributed by atoms with Crippen LogP contribution in [0.5, 0.6) is 0 Å². The van der Waals surface area contributed by atoms with Crippen molar-refractivity contribution in [1.29, 1.82) is 0 Å². The zero-order valence-electron chi connectivity index (χ0n) is 10.1. The van der Waals surface area contributed by atoms with Crippen LogP contribution in [0.25, 0.3) is 0 Å². The van der Waals surface area contributed by atoms with E-state index in [1.54, 1.807) is 12.2 Å². The summed E-state index contributed by atoms with van der Waals surface area (Å²) in [5.74, 6) is -2.88. The van der Waals surface area contributed by atoms with Gasteiger partial charge in [0.15, 0.2) is 5.13 Å². The van der Waals surface area contributed by atoms with Crippen LogP contribution in [0.1, 0.15) is 5.69 Å². The van der Waals surface area contributed by atoms with Gasteiger partial charge in [-0.05, 0) is 6.92 Å². The molecule has 2 N–H and O–H groups in total. The molecule has 0 radical (unpaired) electrons. The number of aryl methyl sites for hydroxylation is 1. The van der Waals surface area contributed by atoms with Gasteiger partial charge in [-0.25, -0.2) is 4.98 Å². The van der Waals surface area contributed by atoms with E-state index in [1.165, 1.54) is 11.3 Å². The number of amides is 1. The van der Waals surface area contributed by atoms with E-state index in [1.807, 2.05) is 12.3 Å². The zero-order chi connectivity index (χ0) is 13.6. The number of aliphatic carboxylic acids is 1. The molecule has 3 rings (SSSR count). The molecular formula is C12H12N2O4S. The fourth-order valence-corrected chi connectivity index (χ4v) is 3.21. The van der Waals surface area contributed by atoms with Gasteiger partial charge in [-0.15, -0.1) is 11.3 Å². The average molecular weight is 280 g/mol. The second-order valence-electron chi connectivity index (χ2n) is 4.62. The van der Waals surface area contributed by atoms with E-state index in [-0.39, 0.29) is 5.91 Å². The summed E-state index contributed by atoms with van der Waals surface area (Å²) in [6, 6.07) is 0. The van der Waals surface area contributed by atoms with Crippen LogP contribution in [0.3, 0.4) is 0 Å². The van der Waals surface area contributed by atoms with Gasteiger partial charge in [0.2, 0.25) is 5.91 Å². The van der Waals surface area contributed by atoms with E-state index in [2.05, 4.69) is 10.3 Å². The minimum absolute atomic E-state index is 0.349. The lowest BCUT2D eigenvalue weighted by atomic mass is 9.82. The number of anilines is 1. The van der Waals surface area contributed by atoms with Crippen LogP contribution in [0, 0.1) is 18.8 Å². The van der Waals surface area contributed by atoms with Gasteiger partial charge < -0.3 is 15.2 Å². The molecule has 0 spiro atoms. The quantitative estimate of drug-likeness (QED) is 0.808. The lowest BCUT2D eigenvalue weighted by Gasteiger charge is -2.20. The molecule has 100 valence electrons. The molecule has 1 amide bonds. The Morgan fingerprint density at radius 3 is 2.63 bits per heavy atom. The van der Waals surface area contributed by atoms with Crippen molar-refractivity contribution in [2.45, 2.75) is 19.1 Å². The summed E-state index contributed by atoms with van der Waals surface area (Å²) in [6.07, 6.45) is 2.51. The molecule has 4 atom stereocenters. The number of rotatable bonds is 3. The number of carboxylic acid groups (broad SMARTS) is 1. The van der Waals surface area contributed by atoms with Crippen molar-refractivity contribution in [2.75, 3.05) is 5.32 Å². The molecule has 3 heterocycles. The Balaban J connectivity index is 1.79. The number of hydrogen-bond donors (Lipinski definition) is 2. The number of hydrogen-bond acceptors (Lipinski definition) is 5. The lowest BCUT2D eigenvalue weighted by molar-refractivity contribution is -0.145. The molecule has 1 saturated heterocycles. The lowest BCUT2D eigenvalue weighted by Crippen LogP contribution is -2.39. The minimum Gasteiger partial charge on any atom is -0.481 e. The van der Waals surface area contributed by atoms with Crippen LogP contribution in [-0.2, 0) is 14.3 Å². The van der Waals surface area contributed by atoms with E-state index < -0.39 is 30.0 Å². The van der Waals surface area contributed by atoms with Gasteiger partial charge in [0.1, 0.15) is 5.92 Å². The second-order valence-corrected chi connectivity index (χ2v) is 5.48. The first kappa shape index (κ1) is 12.3. The van der Waals surface area contributed by atoms with Crippen LogP contribution >= 0.6 is 11.3 Å². The summed E-state index contributed by atoms with van der Waals surface area (Å²) in [7, 11) is 0. The fraction of sp³-hybridized carbons (Fsp3) is 0.417. The average Bonchev–Trinajstić information content (AvgIpc) is 3.03. The van der Waals surface area contributed by atoms with Crippen molar-refractivity contribution in [3.63, 3.8) is 0 Å². The maximum Gasteiger partial charge on any atom is 0.310 e. The van der Waals surface area contributed by atoms with Crippen molar-refractivity contribution in [3.8, 4) is 0 Å². The molecule has 6 nitrogen and oxygen atoms in total. The number of nitrogens with one attached hydrogen (secondary N) is 1. The highest BCUT2D eigenvalue weighted by atomic mass is 32.1. The summed E-state index contributed by atoms with van der Waals surface area (Å²) in [5.41, 5.74) is 0.819. The van der Waals surface area contributed by atoms with Gasteiger partial charge in [0.25, 0.3) is 0 Å². The predicted molar refractivity (Wildman–Crippen MR) is 67.9 cm³/mol. The monoisotopic (exact) mass is 280 g/mol. The third-order valence-corrected chi connectivity index (χ3v) is 4.21. The summed E-state index contributed by atoms with van der Waals surface area (Å²) in [5, 5.41) is 14.2. The van der Waals surface area contributed by atoms with Gasteiger partial charge in [0, 0.05) is 5.38 Å². The van der Waals surface area contributed by atoms with Crippen LogP contribution in [0.4, 0.5) is 5.13 Å². The molecule has 7 heteroatoms. The topological polar surface area (TPSA) is 88.5 Å². The molecule has 2 bridgehead atoms. The summed E-state index contributed by atoms with van der Waals surface area (Å²) >= 11 is 1.32. The molecule has 0 aromatic carbocycles. The molecule has 2 aliphatic rings. The Morgan fingerprint density at radius 2 is 2.05 bits per heavy atom. The Hall–Kier alpha value is -1.73. The molecule has 1 aromatic heterocycles. The van der Waals surface area contributed by atoms with Crippen molar-refractivity contribution in [1.82, 2.24) is 4.98 Å². The first-order valence-electron chi connectivity index (χ1n) is 5.86. The molecule has 2 aliphatic heterocycles. The third-order valence-electron chi connectivity index (χ3n) is 3.34. The van der Waals surface area contributed by atoms with E-state index in [4.69, 9.17) is 4.74 Å². The molecule has 0 saturated carbocycles. The van der Waals surface area contributed by atoms with E-state index >= 15 is 0 Å². The number of thiazole rings is 1. The van der Waals surface area contributed by atoms with E-state index in [9.17, 15) is 14.7 Å². The predicted octanol–water partition coefficient (Wildman–Crippen LogP) is 1.04. The van der Waals surface area contributed by atoms with E-state index in [0.29, 0.717) is 5.13 Å². The summed E-state index contributed by atoms with van der Waals surface area (Å²) in [6.45, 7) is 1.83. The molecule has 1 aromatic rings. The number of aromatic nitrogens is 1. The molecule has 0 unspecified atom stereocenters. The van der Waals surface area contributed by atoms with Gasteiger partial charge in [0.05, 0.1) is 23.8 Å². The fourth-order valence-electron chi connectivity index (χ4n) is 2.52. The van der Waals surface area contributed by atoms with Crippen molar-refractivity contribution >= 4 is 28.3 Å². The minimum atomic E-state index is -1.01. The highest BCUT2D eigenvalue weighted by Crippen LogP contribution is 2.39. The second kappa shape index (κ2) is 4.43. The van der Waals surface area contributed by atoms with Gasteiger partial charge in [-0.1, -0.05) is 12.2 Å². The molecule has 1 fully saturated rings.